The number of carbonyl (C=O) groups is 1. The van der Waals surface area contributed by atoms with Crippen LogP contribution in [0.3, 0.4) is 0 Å². The highest BCUT2D eigenvalue weighted by Crippen LogP contribution is 2.40. The average Bonchev–Trinajstić information content (AvgIpc) is 3.17. The van der Waals surface area contributed by atoms with Crippen LogP contribution in [0.15, 0.2) is 83.9 Å². The van der Waals surface area contributed by atoms with Gasteiger partial charge in [0.15, 0.2) is 0 Å². The first kappa shape index (κ1) is 19.6. The molecule has 1 atom stereocenters. The number of H-pyrrole nitrogens is 1. The van der Waals surface area contributed by atoms with E-state index in [0.29, 0.717) is 5.25 Å². The molecule has 31 heavy (non-hydrogen) atoms. The van der Waals surface area contributed by atoms with Gasteiger partial charge in [0.1, 0.15) is 0 Å². The van der Waals surface area contributed by atoms with Gasteiger partial charge in [-0.05, 0) is 29.8 Å². The number of nitrogens with one attached hydrogen (secondary N) is 3. The molecule has 2 amide bonds. The molecule has 0 saturated heterocycles. The molecule has 0 aliphatic carbocycles. The summed E-state index contributed by atoms with van der Waals surface area (Å²) < 4.78 is 0. The lowest BCUT2D eigenvalue weighted by molar-refractivity contribution is 0.262. The Morgan fingerprint density at radius 1 is 1.06 bits per heavy atom. The van der Waals surface area contributed by atoms with Crippen molar-refractivity contribution in [1.82, 2.24) is 4.98 Å². The molecule has 3 N–H and O–H groups in total. The summed E-state index contributed by atoms with van der Waals surface area (Å²) in [5.74, 6) is 0. The number of benzene rings is 3. The highest BCUT2D eigenvalue weighted by molar-refractivity contribution is 8.00. The van der Waals surface area contributed by atoms with Crippen molar-refractivity contribution in [3.05, 3.63) is 84.6 Å². The van der Waals surface area contributed by atoms with Gasteiger partial charge in [0, 0.05) is 46.0 Å². The van der Waals surface area contributed by atoms with Gasteiger partial charge in [0.25, 0.3) is 0 Å². The van der Waals surface area contributed by atoms with Gasteiger partial charge in [-0.25, -0.2) is 4.79 Å². The van der Waals surface area contributed by atoms with Gasteiger partial charge < -0.3 is 20.5 Å². The smallest absolute Gasteiger partial charge is 0.323 e. The van der Waals surface area contributed by atoms with Gasteiger partial charge in [0.2, 0.25) is 0 Å². The Hall–Kier alpha value is -3.38. The number of carbonyl (C=O) groups excluding carboxylic acids is 1. The number of urea groups is 1. The third-order valence-corrected chi connectivity index (χ3v) is 6.57. The first-order chi connectivity index (χ1) is 15.2. The molecule has 0 saturated carbocycles. The summed E-state index contributed by atoms with van der Waals surface area (Å²) >= 11 is 1.88. The lowest BCUT2D eigenvalue weighted by Gasteiger charge is -2.34. The molecule has 0 radical (unpaired) electrons. The molecule has 1 aliphatic heterocycles. The van der Waals surface area contributed by atoms with Crippen molar-refractivity contribution < 1.29 is 4.79 Å². The molecule has 5 rings (SSSR count). The van der Waals surface area contributed by atoms with Crippen molar-refractivity contribution in [1.29, 1.82) is 0 Å². The molecule has 3 aromatic carbocycles. The largest absolute Gasteiger partial charge is 0.365 e. The maximum atomic E-state index is 12.7. The molecule has 0 fully saturated rings. The van der Waals surface area contributed by atoms with E-state index in [-0.39, 0.29) is 6.03 Å². The number of thioether (sulfide) groups is 1. The van der Waals surface area contributed by atoms with E-state index in [1.54, 1.807) is 0 Å². The van der Waals surface area contributed by atoms with E-state index in [4.69, 9.17) is 0 Å². The summed E-state index contributed by atoms with van der Waals surface area (Å²) in [7, 11) is 0. The Morgan fingerprint density at radius 2 is 1.87 bits per heavy atom. The molecular formula is C25H24N4OS. The standard InChI is InChI=1S/C25H24N4OS/c1-17-15-29(16-18-7-3-2-4-8-18)23-13-19(11-12-24(23)31-17)27-25(30)28-22-14-26-21-10-6-5-9-20(21)22/h2-14,17,26H,15-16H2,1H3,(H2,27,28,30). The normalized spacial score (nSPS) is 15.5. The summed E-state index contributed by atoms with van der Waals surface area (Å²) in [5, 5.41) is 7.44. The molecule has 6 heteroatoms. The number of hydrogen-bond acceptors (Lipinski definition) is 3. The second-order valence-electron chi connectivity index (χ2n) is 7.80. The number of aromatic nitrogens is 1. The molecular weight excluding hydrogens is 404 g/mol. The average molecular weight is 429 g/mol. The predicted molar refractivity (Wildman–Crippen MR) is 130 cm³/mol. The molecule has 0 bridgehead atoms. The molecule has 1 unspecified atom stereocenters. The Balaban J connectivity index is 1.35. The Kier molecular flexibility index (Phi) is 5.30. The lowest BCUT2D eigenvalue weighted by atomic mass is 10.1. The molecule has 1 aromatic heterocycles. The second kappa shape index (κ2) is 8.40. The van der Waals surface area contributed by atoms with Gasteiger partial charge >= 0.3 is 6.03 Å². The first-order valence-corrected chi connectivity index (χ1v) is 11.3. The van der Waals surface area contributed by atoms with Crippen molar-refractivity contribution >= 4 is 45.8 Å². The fraction of sp³-hybridized carbons (Fsp3) is 0.160. The van der Waals surface area contributed by atoms with Gasteiger partial charge in [-0.1, -0.05) is 55.5 Å². The van der Waals surface area contributed by atoms with Crippen LogP contribution in [0.1, 0.15) is 12.5 Å². The molecule has 1 aliphatic rings. The number of nitrogens with zero attached hydrogens (tertiary/aromatic N) is 1. The fourth-order valence-corrected chi connectivity index (χ4v) is 5.16. The highest BCUT2D eigenvalue weighted by Gasteiger charge is 2.23. The second-order valence-corrected chi connectivity index (χ2v) is 9.28. The fourth-order valence-electron chi connectivity index (χ4n) is 4.02. The van der Waals surface area contributed by atoms with Crippen molar-refractivity contribution in [3.8, 4) is 0 Å². The van der Waals surface area contributed by atoms with Crippen LogP contribution in [0.25, 0.3) is 10.9 Å². The minimum absolute atomic E-state index is 0.254. The third-order valence-electron chi connectivity index (χ3n) is 5.42. The minimum Gasteiger partial charge on any atom is -0.365 e. The van der Waals surface area contributed by atoms with Crippen molar-refractivity contribution in [3.63, 3.8) is 0 Å². The van der Waals surface area contributed by atoms with E-state index in [9.17, 15) is 4.79 Å². The van der Waals surface area contributed by atoms with E-state index in [1.807, 2.05) is 54.4 Å². The highest BCUT2D eigenvalue weighted by atomic mass is 32.2. The van der Waals surface area contributed by atoms with Gasteiger partial charge in [-0.15, -0.1) is 11.8 Å². The molecule has 156 valence electrons. The van der Waals surface area contributed by atoms with Crippen LogP contribution in [-0.4, -0.2) is 22.8 Å². The Morgan fingerprint density at radius 3 is 2.74 bits per heavy atom. The van der Waals surface area contributed by atoms with Crippen molar-refractivity contribution in [2.75, 3.05) is 22.1 Å². The third kappa shape index (κ3) is 4.25. The van der Waals surface area contributed by atoms with E-state index in [2.05, 4.69) is 63.8 Å². The number of fused-ring (bicyclic) bond motifs is 2. The predicted octanol–water partition coefficient (Wildman–Crippen LogP) is 6.31. The quantitative estimate of drug-likeness (QED) is 0.357. The Bertz CT molecular complexity index is 1220. The number of aromatic amines is 1. The van der Waals surface area contributed by atoms with Crippen LogP contribution in [0.4, 0.5) is 21.9 Å². The van der Waals surface area contributed by atoms with Crippen LogP contribution in [-0.2, 0) is 6.54 Å². The first-order valence-electron chi connectivity index (χ1n) is 10.4. The zero-order chi connectivity index (χ0) is 21.2. The van der Waals surface area contributed by atoms with E-state index in [1.165, 1.54) is 10.5 Å². The van der Waals surface area contributed by atoms with Gasteiger partial charge in [0.05, 0.1) is 11.4 Å². The van der Waals surface area contributed by atoms with Crippen LogP contribution in [0.2, 0.25) is 0 Å². The van der Waals surface area contributed by atoms with E-state index < -0.39 is 0 Å². The summed E-state index contributed by atoms with van der Waals surface area (Å²) in [6.07, 6.45) is 1.82. The molecule has 5 nitrogen and oxygen atoms in total. The number of amides is 2. The van der Waals surface area contributed by atoms with Crippen LogP contribution in [0, 0.1) is 0 Å². The number of para-hydroxylation sites is 1. The summed E-state index contributed by atoms with van der Waals surface area (Å²) in [4.78, 5) is 19.5. The number of rotatable bonds is 4. The summed E-state index contributed by atoms with van der Waals surface area (Å²) in [5.41, 5.74) is 4.99. The zero-order valence-corrected chi connectivity index (χ0v) is 18.1. The van der Waals surface area contributed by atoms with Crippen molar-refractivity contribution in [2.45, 2.75) is 23.6 Å². The lowest BCUT2D eigenvalue weighted by Crippen LogP contribution is -2.33. The Labute approximate surface area is 185 Å². The summed E-state index contributed by atoms with van der Waals surface area (Å²) in [6.45, 7) is 4.08. The van der Waals surface area contributed by atoms with Crippen LogP contribution >= 0.6 is 11.8 Å². The zero-order valence-electron chi connectivity index (χ0n) is 17.3. The molecule has 4 aromatic rings. The summed E-state index contributed by atoms with van der Waals surface area (Å²) in [6, 6.07) is 24.3. The monoisotopic (exact) mass is 428 g/mol. The number of hydrogen-bond donors (Lipinski definition) is 3. The van der Waals surface area contributed by atoms with E-state index >= 15 is 0 Å². The van der Waals surface area contributed by atoms with Gasteiger partial charge in [-0.2, -0.15) is 0 Å². The molecule has 0 spiro atoms. The van der Waals surface area contributed by atoms with Crippen LogP contribution in [0.5, 0.6) is 0 Å². The van der Waals surface area contributed by atoms with Gasteiger partial charge in [-0.3, -0.25) is 0 Å². The van der Waals surface area contributed by atoms with Crippen LogP contribution < -0.4 is 15.5 Å². The topological polar surface area (TPSA) is 60.2 Å². The molecule has 2 heterocycles. The minimum atomic E-state index is -0.254. The number of anilines is 3. The maximum Gasteiger partial charge on any atom is 0.323 e. The van der Waals surface area contributed by atoms with E-state index in [0.717, 1.165) is 41.1 Å². The maximum absolute atomic E-state index is 12.7. The van der Waals surface area contributed by atoms with Crippen molar-refractivity contribution in [2.24, 2.45) is 0 Å². The SMILES string of the molecule is CC1CN(Cc2ccccc2)c2cc(NC(=O)Nc3c[nH]c4ccccc34)ccc2S1.